The summed E-state index contributed by atoms with van der Waals surface area (Å²) in [6.07, 6.45) is 2.92. The maximum absolute atomic E-state index is 13.4. The molecular formula is C30H22N6O6S. The van der Waals surface area contributed by atoms with E-state index in [1.807, 2.05) is 48.5 Å². The predicted octanol–water partition coefficient (Wildman–Crippen LogP) is 4.37. The van der Waals surface area contributed by atoms with Gasteiger partial charge in [0.1, 0.15) is 12.3 Å². The highest BCUT2D eigenvalue weighted by Crippen LogP contribution is 2.36. The van der Waals surface area contributed by atoms with Gasteiger partial charge in [-0.25, -0.2) is 4.68 Å². The molecule has 1 unspecified atom stereocenters. The summed E-state index contributed by atoms with van der Waals surface area (Å²) in [5.41, 5.74) is 1.80. The minimum absolute atomic E-state index is 0.170. The second kappa shape index (κ2) is 10.7. The third kappa shape index (κ3) is 4.85. The number of hydrogen-bond acceptors (Lipinski definition) is 10. The van der Waals surface area contributed by atoms with Crippen LogP contribution in [0.5, 0.6) is 17.2 Å². The predicted molar refractivity (Wildman–Crippen MR) is 158 cm³/mol. The van der Waals surface area contributed by atoms with Gasteiger partial charge < -0.3 is 14.2 Å². The Balaban J connectivity index is 1.30. The van der Waals surface area contributed by atoms with Crippen molar-refractivity contribution in [1.82, 2.24) is 24.4 Å². The van der Waals surface area contributed by atoms with Crippen LogP contribution < -0.4 is 24.3 Å². The molecule has 0 saturated carbocycles. The molecule has 214 valence electrons. The van der Waals surface area contributed by atoms with Crippen molar-refractivity contribution in [1.29, 1.82) is 0 Å². The van der Waals surface area contributed by atoms with Crippen molar-refractivity contribution in [2.75, 3.05) is 13.2 Å². The Hall–Kier alpha value is -5.56. The molecule has 1 atom stereocenters. The van der Waals surface area contributed by atoms with E-state index in [1.54, 1.807) is 42.1 Å². The first-order valence-electron chi connectivity index (χ1n) is 13.3. The van der Waals surface area contributed by atoms with Gasteiger partial charge in [-0.3, -0.25) is 14.9 Å². The quantitative estimate of drug-likeness (QED) is 0.195. The number of nitro benzene ring substituents is 1. The van der Waals surface area contributed by atoms with E-state index >= 15 is 0 Å². The van der Waals surface area contributed by atoms with Crippen LogP contribution in [0.25, 0.3) is 28.0 Å². The van der Waals surface area contributed by atoms with Crippen LogP contribution in [0.2, 0.25) is 0 Å². The number of nitrogens with zero attached hydrogens (tertiary/aromatic N) is 6. The fraction of sp³-hybridized carbons (Fsp3) is 0.133. The van der Waals surface area contributed by atoms with Gasteiger partial charge in [-0.1, -0.05) is 41.7 Å². The number of fused-ring (bicyclic) bond motifs is 2. The maximum Gasteiger partial charge on any atom is 0.311 e. The van der Waals surface area contributed by atoms with Gasteiger partial charge in [0.2, 0.25) is 4.96 Å². The van der Waals surface area contributed by atoms with Gasteiger partial charge in [-0.2, -0.15) is 14.6 Å². The molecule has 0 radical (unpaired) electrons. The molecule has 1 aliphatic heterocycles. The van der Waals surface area contributed by atoms with Crippen molar-refractivity contribution in [3.8, 4) is 34.2 Å². The number of nitro groups is 1. The largest absolute Gasteiger partial charge is 0.487 e. The Kier molecular flexibility index (Phi) is 6.55. The normalized spacial score (nSPS) is 14.7. The summed E-state index contributed by atoms with van der Waals surface area (Å²) < 4.78 is 20.5. The van der Waals surface area contributed by atoms with Crippen LogP contribution in [-0.2, 0) is 0 Å². The fourth-order valence-electron chi connectivity index (χ4n) is 4.79. The molecule has 7 rings (SSSR count). The SMILES string of the molecule is CCOc1ccc(-c2nn(-c3ccccc3)cc2/C=c2\sc3nc(C4COc5ccccc5O4)nn3c2=O)cc1[N+](=O)[O-]. The summed E-state index contributed by atoms with van der Waals surface area (Å²) >= 11 is 1.17. The number of hydrogen-bond donors (Lipinski definition) is 0. The highest BCUT2D eigenvalue weighted by Gasteiger charge is 2.27. The van der Waals surface area contributed by atoms with E-state index in [9.17, 15) is 14.9 Å². The Morgan fingerprint density at radius 1 is 1.09 bits per heavy atom. The average Bonchev–Trinajstić information content (AvgIpc) is 3.72. The zero-order valence-electron chi connectivity index (χ0n) is 22.6. The van der Waals surface area contributed by atoms with Crippen LogP contribution in [0.4, 0.5) is 5.69 Å². The molecule has 0 N–H and O–H groups in total. The molecule has 6 aromatic rings. The van der Waals surface area contributed by atoms with Gasteiger partial charge >= 0.3 is 5.69 Å². The van der Waals surface area contributed by atoms with E-state index in [1.165, 1.54) is 21.9 Å². The summed E-state index contributed by atoms with van der Waals surface area (Å²) in [5, 5.41) is 21.0. The van der Waals surface area contributed by atoms with E-state index in [4.69, 9.17) is 19.3 Å². The Morgan fingerprint density at radius 3 is 2.65 bits per heavy atom. The number of thiazole rings is 1. The van der Waals surface area contributed by atoms with Crippen LogP contribution in [0.3, 0.4) is 0 Å². The minimum atomic E-state index is -0.556. The number of ether oxygens (including phenoxy) is 3. The lowest BCUT2D eigenvalue weighted by atomic mass is 10.1. The molecule has 3 aromatic heterocycles. The van der Waals surface area contributed by atoms with E-state index in [0.717, 1.165) is 5.69 Å². The topological polar surface area (TPSA) is 136 Å². The molecule has 4 heterocycles. The van der Waals surface area contributed by atoms with Crippen LogP contribution in [-0.4, -0.2) is 42.5 Å². The molecule has 3 aromatic carbocycles. The molecule has 0 amide bonds. The Labute approximate surface area is 247 Å². The standard InChI is InChI=1S/C30H22N6O6S/c1-2-40-22-13-12-18(14-21(22)36(38)39)27-19(16-34(32-27)20-8-4-3-5-9-20)15-26-29(37)35-30(43-26)31-28(33-35)25-17-41-23-10-6-7-11-24(23)42-25/h3-16,25H,2,17H2,1H3/b26-15-. The molecule has 0 spiro atoms. The highest BCUT2D eigenvalue weighted by atomic mass is 32.1. The molecular weight excluding hydrogens is 572 g/mol. The first-order chi connectivity index (χ1) is 21.0. The van der Waals surface area contributed by atoms with Crippen LogP contribution in [0.15, 0.2) is 83.8 Å². The van der Waals surface area contributed by atoms with Gasteiger partial charge in [0.25, 0.3) is 5.56 Å². The van der Waals surface area contributed by atoms with Gasteiger partial charge in [-0.15, -0.1) is 5.10 Å². The monoisotopic (exact) mass is 594 g/mol. The Morgan fingerprint density at radius 2 is 1.88 bits per heavy atom. The van der Waals surface area contributed by atoms with E-state index in [2.05, 4.69) is 10.1 Å². The van der Waals surface area contributed by atoms with E-state index in [-0.39, 0.29) is 30.2 Å². The van der Waals surface area contributed by atoms with Crippen molar-refractivity contribution in [2.24, 2.45) is 0 Å². The van der Waals surface area contributed by atoms with Crippen molar-refractivity contribution in [3.05, 3.63) is 115 Å². The lowest BCUT2D eigenvalue weighted by Gasteiger charge is -2.24. The molecule has 1 aliphatic rings. The Bertz CT molecular complexity index is 2100. The third-order valence-corrected chi connectivity index (χ3v) is 7.73. The van der Waals surface area contributed by atoms with Crippen LogP contribution in [0.1, 0.15) is 24.4 Å². The second-order valence-electron chi connectivity index (χ2n) is 9.53. The average molecular weight is 595 g/mol. The van der Waals surface area contributed by atoms with Crippen molar-refractivity contribution in [2.45, 2.75) is 13.0 Å². The first-order valence-corrected chi connectivity index (χ1v) is 14.2. The molecule has 13 heteroatoms. The molecule has 43 heavy (non-hydrogen) atoms. The summed E-state index contributed by atoms with van der Waals surface area (Å²) in [7, 11) is 0. The lowest BCUT2D eigenvalue weighted by molar-refractivity contribution is -0.385. The zero-order chi connectivity index (χ0) is 29.5. The van der Waals surface area contributed by atoms with Crippen LogP contribution in [0, 0.1) is 10.1 Å². The van der Waals surface area contributed by atoms with Crippen molar-refractivity contribution >= 4 is 28.1 Å². The second-order valence-corrected chi connectivity index (χ2v) is 10.5. The van der Waals surface area contributed by atoms with E-state index in [0.29, 0.717) is 43.6 Å². The molecule has 0 aliphatic carbocycles. The third-order valence-electron chi connectivity index (χ3n) is 6.77. The molecule has 0 saturated heterocycles. The molecule has 0 fully saturated rings. The number of para-hydroxylation sites is 3. The number of benzene rings is 3. The summed E-state index contributed by atoms with van der Waals surface area (Å²) in [4.78, 5) is 29.7. The van der Waals surface area contributed by atoms with Crippen LogP contribution >= 0.6 is 11.3 Å². The summed E-state index contributed by atoms with van der Waals surface area (Å²) in [5.74, 6) is 1.75. The smallest absolute Gasteiger partial charge is 0.311 e. The summed E-state index contributed by atoms with van der Waals surface area (Å²) in [6.45, 7) is 2.27. The number of aromatic nitrogens is 5. The molecule has 0 bridgehead atoms. The van der Waals surface area contributed by atoms with Gasteiger partial charge in [0, 0.05) is 23.4 Å². The minimum Gasteiger partial charge on any atom is -0.487 e. The molecule has 12 nitrogen and oxygen atoms in total. The highest BCUT2D eigenvalue weighted by molar-refractivity contribution is 7.15. The van der Waals surface area contributed by atoms with E-state index < -0.39 is 11.0 Å². The lowest BCUT2D eigenvalue weighted by Crippen LogP contribution is -2.26. The number of rotatable bonds is 7. The van der Waals surface area contributed by atoms with Gasteiger partial charge in [0.15, 0.2) is 29.2 Å². The van der Waals surface area contributed by atoms with Gasteiger partial charge in [0.05, 0.1) is 21.7 Å². The fourth-order valence-corrected chi connectivity index (χ4v) is 5.69. The first kappa shape index (κ1) is 26.3. The van der Waals surface area contributed by atoms with Crippen molar-refractivity contribution in [3.63, 3.8) is 0 Å². The van der Waals surface area contributed by atoms with Crippen molar-refractivity contribution < 1.29 is 19.1 Å². The zero-order valence-corrected chi connectivity index (χ0v) is 23.4. The maximum atomic E-state index is 13.4. The van der Waals surface area contributed by atoms with Gasteiger partial charge in [-0.05, 0) is 49.4 Å². The summed E-state index contributed by atoms with van der Waals surface area (Å²) in [6, 6.07) is 21.5.